The predicted octanol–water partition coefficient (Wildman–Crippen LogP) is 3.07. The van der Waals surface area contributed by atoms with Crippen LogP contribution in [-0.2, 0) is 7.05 Å². The number of halogens is 1. The summed E-state index contributed by atoms with van der Waals surface area (Å²) in [5.74, 6) is 0.406. The largest absolute Gasteiger partial charge is 0.451 e. The fourth-order valence-electron chi connectivity index (χ4n) is 1.89. The Morgan fingerprint density at radius 3 is 2.62 bits per heavy atom. The molecule has 0 atom stereocenters. The van der Waals surface area contributed by atoms with Gasteiger partial charge in [-0.15, -0.1) is 0 Å². The van der Waals surface area contributed by atoms with Crippen molar-refractivity contribution < 1.29 is 13.6 Å². The van der Waals surface area contributed by atoms with Crippen LogP contribution < -0.4 is 5.32 Å². The minimum atomic E-state index is -0.387. The van der Waals surface area contributed by atoms with E-state index in [1.165, 1.54) is 12.1 Å². The van der Waals surface area contributed by atoms with Gasteiger partial charge in [-0.3, -0.25) is 9.48 Å². The maximum Gasteiger partial charge on any atom is 0.292 e. The SMILES string of the molecule is Cn1ccc(NC(=O)c2ccc(-c3ccc(F)cc3)o2)n1. The number of aryl methyl sites for hydroxylation is 1. The first kappa shape index (κ1) is 13.1. The third kappa shape index (κ3) is 2.84. The topological polar surface area (TPSA) is 60.1 Å². The molecular formula is C15H12FN3O2. The van der Waals surface area contributed by atoms with Crippen molar-refractivity contribution in [3.63, 3.8) is 0 Å². The van der Waals surface area contributed by atoms with Gasteiger partial charge in [-0.25, -0.2) is 4.39 Å². The Kier molecular flexibility index (Phi) is 3.27. The summed E-state index contributed by atoms with van der Waals surface area (Å²) in [6, 6.07) is 10.8. The number of nitrogens with zero attached hydrogens (tertiary/aromatic N) is 2. The highest BCUT2D eigenvalue weighted by Crippen LogP contribution is 2.22. The quantitative estimate of drug-likeness (QED) is 0.804. The molecule has 0 aliphatic rings. The number of hydrogen-bond acceptors (Lipinski definition) is 3. The number of hydrogen-bond donors (Lipinski definition) is 1. The second-order valence-electron chi connectivity index (χ2n) is 4.50. The Hall–Kier alpha value is -2.89. The summed E-state index contributed by atoms with van der Waals surface area (Å²) >= 11 is 0. The van der Waals surface area contributed by atoms with E-state index < -0.39 is 0 Å². The van der Waals surface area contributed by atoms with Gasteiger partial charge in [-0.2, -0.15) is 5.10 Å². The number of anilines is 1. The van der Waals surface area contributed by atoms with E-state index in [0.29, 0.717) is 17.1 Å². The third-order valence-electron chi connectivity index (χ3n) is 2.91. The van der Waals surface area contributed by atoms with Crippen LogP contribution in [0.25, 0.3) is 11.3 Å². The molecule has 1 amide bonds. The summed E-state index contributed by atoms with van der Waals surface area (Å²) in [7, 11) is 1.76. The number of rotatable bonds is 3. The molecule has 0 spiro atoms. The van der Waals surface area contributed by atoms with E-state index in [9.17, 15) is 9.18 Å². The van der Waals surface area contributed by atoms with E-state index in [2.05, 4.69) is 10.4 Å². The van der Waals surface area contributed by atoms with Crippen molar-refractivity contribution >= 4 is 11.7 Å². The molecule has 3 rings (SSSR count). The summed E-state index contributed by atoms with van der Waals surface area (Å²) < 4.78 is 19.9. The molecule has 5 nitrogen and oxygen atoms in total. The lowest BCUT2D eigenvalue weighted by atomic mass is 10.2. The Balaban J connectivity index is 1.78. The average Bonchev–Trinajstić information content (AvgIpc) is 3.09. The highest BCUT2D eigenvalue weighted by molar-refractivity contribution is 6.02. The molecule has 0 aliphatic heterocycles. The average molecular weight is 285 g/mol. The monoisotopic (exact) mass is 285 g/mol. The van der Waals surface area contributed by atoms with Crippen molar-refractivity contribution in [2.24, 2.45) is 7.05 Å². The maximum absolute atomic E-state index is 12.9. The van der Waals surface area contributed by atoms with Crippen molar-refractivity contribution in [1.29, 1.82) is 0 Å². The molecule has 21 heavy (non-hydrogen) atoms. The van der Waals surface area contributed by atoms with Crippen LogP contribution in [0.2, 0.25) is 0 Å². The van der Waals surface area contributed by atoms with Crippen LogP contribution in [0, 0.1) is 5.82 Å². The molecule has 1 N–H and O–H groups in total. The van der Waals surface area contributed by atoms with E-state index >= 15 is 0 Å². The molecule has 6 heteroatoms. The van der Waals surface area contributed by atoms with Gasteiger partial charge in [0.15, 0.2) is 11.6 Å². The first-order chi connectivity index (χ1) is 10.1. The molecule has 2 aromatic heterocycles. The van der Waals surface area contributed by atoms with Gasteiger partial charge in [0.2, 0.25) is 0 Å². The second kappa shape index (κ2) is 5.24. The number of furan rings is 1. The zero-order valence-electron chi connectivity index (χ0n) is 11.2. The van der Waals surface area contributed by atoms with Crippen LogP contribution in [0.5, 0.6) is 0 Å². The molecule has 0 unspecified atom stereocenters. The van der Waals surface area contributed by atoms with E-state index in [-0.39, 0.29) is 17.5 Å². The normalized spacial score (nSPS) is 10.6. The summed E-state index contributed by atoms with van der Waals surface area (Å²) in [6.07, 6.45) is 1.72. The lowest BCUT2D eigenvalue weighted by Crippen LogP contribution is -2.11. The maximum atomic E-state index is 12.9. The molecule has 0 bridgehead atoms. The molecule has 106 valence electrons. The van der Waals surface area contributed by atoms with Crippen molar-refractivity contribution in [3.8, 4) is 11.3 Å². The lowest BCUT2D eigenvalue weighted by molar-refractivity contribution is 0.0997. The zero-order chi connectivity index (χ0) is 14.8. The number of carbonyl (C=O) groups excluding carboxylic acids is 1. The van der Waals surface area contributed by atoms with Gasteiger partial charge >= 0.3 is 0 Å². The van der Waals surface area contributed by atoms with Gasteiger partial charge in [0.1, 0.15) is 11.6 Å². The van der Waals surface area contributed by atoms with Crippen LogP contribution in [0.4, 0.5) is 10.2 Å². The van der Waals surface area contributed by atoms with E-state index in [4.69, 9.17) is 4.42 Å². The van der Waals surface area contributed by atoms with E-state index in [0.717, 1.165) is 0 Å². The highest BCUT2D eigenvalue weighted by Gasteiger charge is 2.13. The Labute approximate surface area is 120 Å². The van der Waals surface area contributed by atoms with Crippen LogP contribution in [-0.4, -0.2) is 15.7 Å². The van der Waals surface area contributed by atoms with Crippen molar-refractivity contribution in [2.45, 2.75) is 0 Å². The first-order valence-electron chi connectivity index (χ1n) is 6.28. The van der Waals surface area contributed by atoms with Crippen LogP contribution >= 0.6 is 0 Å². The molecule has 0 saturated carbocycles. The van der Waals surface area contributed by atoms with Crippen LogP contribution in [0.3, 0.4) is 0 Å². The lowest BCUT2D eigenvalue weighted by Gasteiger charge is -1.99. The molecule has 3 aromatic rings. The summed E-state index contributed by atoms with van der Waals surface area (Å²) in [5, 5.41) is 6.68. The van der Waals surface area contributed by atoms with Crippen LogP contribution in [0.1, 0.15) is 10.6 Å². The van der Waals surface area contributed by atoms with Gasteiger partial charge < -0.3 is 9.73 Å². The molecule has 1 aromatic carbocycles. The van der Waals surface area contributed by atoms with Gasteiger partial charge in [-0.1, -0.05) is 0 Å². The van der Waals surface area contributed by atoms with Crippen molar-refractivity contribution in [2.75, 3.05) is 5.32 Å². The van der Waals surface area contributed by atoms with E-state index in [1.807, 2.05) is 0 Å². The molecular weight excluding hydrogens is 273 g/mol. The number of benzene rings is 1. The zero-order valence-corrected chi connectivity index (χ0v) is 11.2. The number of nitrogens with one attached hydrogen (secondary N) is 1. The molecule has 0 aliphatic carbocycles. The number of amides is 1. The highest BCUT2D eigenvalue weighted by atomic mass is 19.1. The molecule has 0 saturated heterocycles. The van der Waals surface area contributed by atoms with Gasteiger partial charge in [-0.05, 0) is 36.4 Å². The fourth-order valence-corrected chi connectivity index (χ4v) is 1.89. The minimum Gasteiger partial charge on any atom is -0.451 e. The first-order valence-corrected chi connectivity index (χ1v) is 6.28. The summed E-state index contributed by atoms with van der Waals surface area (Å²) in [5.41, 5.74) is 0.702. The van der Waals surface area contributed by atoms with E-state index in [1.54, 1.807) is 48.3 Å². The molecule has 0 radical (unpaired) electrons. The van der Waals surface area contributed by atoms with Crippen molar-refractivity contribution in [1.82, 2.24) is 9.78 Å². The van der Waals surface area contributed by atoms with Gasteiger partial charge in [0.05, 0.1) is 0 Å². The fraction of sp³-hybridized carbons (Fsp3) is 0.0667. The smallest absolute Gasteiger partial charge is 0.292 e. The van der Waals surface area contributed by atoms with Gasteiger partial charge in [0.25, 0.3) is 5.91 Å². The Bertz CT molecular complexity index is 774. The standard InChI is InChI=1S/C15H12FN3O2/c1-19-9-8-14(18-19)17-15(20)13-7-6-12(21-13)10-2-4-11(16)5-3-10/h2-9H,1H3,(H,17,18,20). The molecule has 0 fully saturated rings. The Morgan fingerprint density at radius 2 is 1.95 bits per heavy atom. The predicted molar refractivity (Wildman–Crippen MR) is 75.3 cm³/mol. The Morgan fingerprint density at radius 1 is 1.19 bits per heavy atom. The van der Waals surface area contributed by atoms with Gasteiger partial charge in [0, 0.05) is 24.9 Å². The summed E-state index contributed by atoms with van der Waals surface area (Å²) in [4.78, 5) is 12.0. The van der Waals surface area contributed by atoms with Crippen molar-refractivity contribution in [3.05, 3.63) is 60.2 Å². The third-order valence-corrected chi connectivity index (χ3v) is 2.91. The molecule has 2 heterocycles. The second-order valence-corrected chi connectivity index (χ2v) is 4.50. The van der Waals surface area contributed by atoms with Crippen LogP contribution in [0.15, 0.2) is 53.1 Å². The summed E-state index contributed by atoms with van der Waals surface area (Å²) in [6.45, 7) is 0. The minimum absolute atomic E-state index is 0.167. The number of carbonyl (C=O) groups is 1. The number of aromatic nitrogens is 2.